The molecule has 0 amide bonds. The number of esters is 3. The van der Waals surface area contributed by atoms with E-state index in [1.165, 1.54) is 44.9 Å². The zero-order valence-corrected chi connectivity index (χ0v) is 40.0. The zero-order valence-electron chi connectivity index (χ0n) is 40.0. The van der Waals surface area contributed by atoms with Crippen LogP contribution in [0.2, 0.25) is 0 Å². The number of hydrogen-bond acceptors (Lipinski definition) is 6. The Morgan fingerprint density at radius 3 is 1.19 bits per heavy atom. The summed E-state index contributed by atoms with van der Waals surface area (Å²) in [7, 11) is 0. The van der Waals surface area contributed by atoms with Crippen molar-refractivity contribution in [2.24, 2.45) is 0 Å². The molecule has 0 N–H and O–H groups in total. The lowest BCUT2D eigenvalue weighted by Crippen LogP contribution is -2.30. The molecule has 0 aromatic rings. The van der Waals surface area contributed by atoms with Gasteiger partial charge in [0.05, 0.1) is 0 Å². The van der Waals surface area contributed by atoms with Crippen LogP contribution in [0.15, 0.2) is 134 Å². The van der Waals surface area contributed by atoms with E-state index in [9.17, 15) is 14.4 Å². The van der Waals surface area contributed by atoms with Crippen LogP contribution in [0.3, 0.4) is 0 Å². The first-order valence-corrected chi connectivity index (χ1v) is 24.8. The monoisotopic (exact) mass is 869 g/mol. The smallest absolute Gasteiger partial charge is 0.306 e. The van der Waals surface area contributed by atoms with Gasteiger partial charge in [-0.3, -0.25) is 14.4 Å². The first kappa shape index (κ1) is 58.6. The van der Waals surface area contributed by atoms with E-state index in [1.54, 1.807) is 0 Å². The van der Waals surface area contributed by atoms with E-state index in [4.69, 9.17) is 14.2 Å². The van der Waals surface area contributed by atoms with Gasteiger partial charge in [-0.2, -0.15) is 0 Å². The van der Waals surface area contributed by atoms with E-state index in [2.05, 4.69) is 93.7 Å². The van der Waals surface area contributed by atoms with E-state index in [0.29, 0.717) is 12.8 Å². The number of carbonyl (C=O) groups excluding carboxylic acids is 3. The number of ether oxygens (including phenoxy) is 3. The van der Waals surface area contributed by atoms with E-state index in [1.807, 2.05) is 60.8 Å². The van der Waals surface area contributed by atoms with Crippen molar-refractivity contribution in [2.45, 2.75) is 194 Å². The Kier molecular flexibility index (Phi) is 46.7. The summed E-state index contributed by atoms with van der Waals surface area (Å²) in [5.41, 5.74) is 0. The Balaban J connectivity index is 4.59. The molecule has 0 aromatic carbocycles. The molecular weight excluding hydrogens is 781 g/mol. The molecule has 0 saturated heterocycles. The van der Waals surface area contributed by atoms with Crippen molar-refractivity contribution in [3.05, 3.63) is 134 Å². The Labute approximate surface area is 385 Å². The maximum Gasteiger partial charge on any atom is 0.306 e. The molecule has 0 aliphatic carbocycles. The van der Waals surface area contributed by atoms with Gasteiger partial charge in [0.15, 0.2) is 6.10 Å². The van der Waals surface area contributed by atoms with E-state index >= 15 is 0 Å². The molecule has 1 unspecified atom stereocenters. The molecule has 0 heterocycles. The molecule has 0 radical (unpaired) electrons. The summed E-state index contributed by atoms with van der Waals surface area (Å²) in [6, 6.07) is 0. The highest BCUT2D eigenvalue weighted by molar-refractivity contribution is 5.71. The van der Waals surface area contributed by atoms with Gasteiger partial charge in [0.1, 0.15) is 13.2 Å². The summed E-state index contributed by atoms with van der Waals surface area (Å²) >= 11 is 0. The summed E-state index contributed by atoms with van der Waals surface area (Å²) in [5.74, 6) is -1.05. The van der Waals surface area contributed by atoms with Gasteiger partial charge in [0, 0.05) is 19.3 Å². The molecule has 6 heteroatoms. The van der Waals surface area contributed by atoms with Crippen molar-refractivity contribution in [3.63, 3.8) is 0 Å². The first-order chi connectivity index (χ1) is 31.0. The second kappa shape index (κ2) is 50.2. The van der Waals surface area contributed by atoms with Crippen LogP contribution in [0, 0.1) is 0 Å². The van der Waals surface area contributed by atoms with Gasteiger partial charge in [0.2, 0.25) is 0 Å². The van der Waals surface area contributed by atoms with Crippen molar-refractivity contribution in [2.75, 3.05) is 13.2 Å². The lowest BCUT2D eigenvalue weighted by Gasteiger charge is -2.18. The lowest BCUT2D eigenvalue weighted by atomic mass is 10.1. The molecule has 6 nitrogen and oxygen atoms in total. The largest absolute Gasteiger partial charge is 0.462 e. The maximum atomic E-state index is 12.8. The van der Waals surface area contributed by atoms with Gasteiger partial charge in [-0.25, -0.2) is 0 Å². The van der Waals surface area contributed by atoms with Crippen molar-refractivity contribution in [1.82, 2.24) is 0 Å². The Morgan fingerprint density at radius 2 is 0.698 bits per heavy atom. The third-order valence-electron chi connectivity index (χ3n) is 9.81. The van der Waals surface area contributed by atoms with Gasteiger partial charge in [-0.1, -0.05) is 212 Å². The molecule has 0 spiro atoms. The Hall–Kier alpha value is -4.45. The van der Waals surface area contributed by atoms with Crippen LogP contribution in [0.25, 0.3) is 0 Å². The van der Waals surface area contributed by atoms with Crippen molar-refractivity contribution in [3.8, 4) is 0 Å². The molecule has 0 rings (SSSR count). The highest BCUT2D eigenvalue weighted by Gasteiger charge is 2.19. The predicted octanol–water partition coefficient (Wildman–Crippen LogP) is 16.3. The number of carbonyl (C=O) groups is 3. The highest BCUT2D eigenvalue weighted by atomic mass is 16.6. The van der Waals surface area contributed by atoms with E-state index < -0.39 is 6.10 Å². The van der Waals surface area contributed by atoms with Crippen molar-refractivity contribution >= 4 is 17.9 Å². The average Bonchev–Trinajstić information content (AvgIpc) is 3.28. The number of rotatable bonds is 42. The zero-order chi connectivity index (χ0) is 45.8. The molecule has 0 bridgehead atoms. The Bertz CT molecular complexity index is 1420. The minimum atomic E-state index is -0.831. The van der Waals surface area contributed by atoms with Crippen LogP contribution in [0.1, 0.15) is 188 Å². The molecule has 0 aliphatic heterocycles. The normalized spacial score (nSPS) is 13.3. The summed E-state index contributed by atoms with van der Waals surface area (Å²) in [6.45, 7) is 6.22. The van der Waals surface area contributed by atoms with Gasteiger partial charge in [0.25, 0.3) is 0 Å². The summed E-state index contributed by atoms with van der Waals surface area (Å²) in [6.07, 6.45) is 70.1. The summed E-state index contributed by atoms with van der Waals surface area (Å²) in [4.78, 5) is 37.9. The topological polar surface area (TPSA) is 78.9 Å². The molecule has 0 aromatic heterocycles. The number of unbranched alkanes of at least 4 members (excludes halogenated alkanes) is 15. The molecule has 0 saturated carbocycles. The van der Waals surface area contributed by atoms with E-state index in [-0.39, 0.29) is 44.0 Å². The second-order valence-corrected chi connectivity index (χ2v) is 15.8. The molecule has 0 aliphatic rings. The quantitative estimate of drug-likeness (QED) is 0.0200. The lowest BCUT2D eigenvalue weighted by molar-refractivity contribution is -0.167. The first-order valence-electron chi connectivity index (χ1n) is 24.8. The molecule has 1 atom stereocenters. The minimum Gasteiger partial charge on any atom is -0.462 e. The van der Waals surface area contributed by atoms with Gasteiger partial charge < -0.3 is 14.2 Å². The summed E-state index contributed by atoms with van der Waals surface area (Å²) < 4.78 is 16.7. The fourth-order valence-electron chi connectivity index (χ4n) is 6.12. The average molecular weight is 869 g/mol. The van der Waals surface area contributed by atoms with Gasteiger partial charge in [-0.05, 0) is 89.9 Å². The van der Waals surface area contributed by atoms with Crippen LogP contribution >= 0.6 is 0 Å². The van der Waals surface area contributed by atoms with Gasteiger partial charge >= 0.3 is 17.9 Å². The fraction of sp³-hybridized carbons (Fsp3) is 0.561. The van der Waals surface area contributed by atoms with Crippen LogP contribution in [0.4, 0.5) is 0 Å². The third-order valence-corrected chi connectivity index (χ3v) is 9.81. The molecule has 0 fully saturated rings. The second-order valence-electron chi connectivity index (χ2n) is 15.8. The predicted molar refractivity (Wildman–Crippen MR) is 269 cm³/mol. The summed E-state index contributed by atoms with van der Waals surface area (Å²) in [5, 5.41) is 0. The van der Waals surface area contributed by atoms with Crippen molar-refractivity contribution < 1.29 is 28.6 Å². The number of allylic oxidation sites excluding steroid dienone is 22. The van der Waals surface area contributed by atoms with Crippen LogP contribution in [-0.4, -0.2) is 37.2 Å². The van der Waals surface area contributed by atoms with Crippen LogP contribution in [-0.2, 0) is 28.6 Å². The van der Waals surface area contributed by atoms with E-state index in [0.717, 1.165) is 96.3 Å². The molecular formula is C57H88O6. The SMILES string of the molecule is CC/C=C/C=C/C=C/C=C/CCCCCCCC(=O)OC(COC(=O)CCC/C=C/C/C=C/C/C=C/CCCCCCCC)COC(=O)CCCCC/C=C/C=C/C=C/C=C/CC. The molecule has 63 heavy (non-hydrogen) atoms. The number of hydrogen-bond donors (Lipinski definition) is 0. The standard InChI is InChI=1S/C57H88O6/c1-4-7-10-13-16-19-22-25-27-28-30-32-35-38-41-44-47-50-56(59)62-53-54(52-61-55(58)49-46-43-40-37-34-31-24-21-18-15-12-9-6-3)63-57(60)51-48-45-42-39-36-33-29-26-23-20-17-14-11-8-5-2/h8-9,11-12,14-15,17-18,20-21,23-27,29-32,34,38,41,54H,4-7,10,13,16,19,22,28,33,35-37,39-40,42-53H2,1-3H3/b11-8+,12-9+,17-14+,18-15+,23-20+,24-21+,27-25+,29-26+,32-30+,34-31+,41-38+. The maximum absolute atomic E-state index is 12.8. The fourth-order valence-corrected chi connectivity index (χ4v) is 6.12. The minimum absolute atomic E-state index is 0.129. The highest BCUT2D eigenvalue weighted by Crippen LogP contribution is 2.12. The van der Waals surface area contributed by atoms with Crippen molar-refractivity contribution in [1.29, 1.82) is 0 Å². The van der Waals surface area contributed by atoms with Crippen LogP contribution in [0.5, 0.6) is 0 Å². The third kappa shape index (κ3) is 48.4. The van der Waals surface area contributed by atoms with Gasteiger partial charge in [-0.15, -0.1) is 0 Å². The Morgan fingerprint density at radius 1 is 0.349 bits per heavy atom. The van der Waals surface area contributed by atoms with Crippen LogP contribution < -0.4 is 0 Å². The molecule has 352 valence electrons.